The molecular weight excluding hydrogens is 264 g/mol. The Morgan fingerprint density at radius 3 is 2.67 bits per heavy atom. The fourth-order valence-electron chi connectivity index (χ4n) is 3.33. The third kappa shape index (κ3) is 5.47. The molecule has 0 saturated carbocycles. The molecule has 1 N–H and O–H groups in total. The lowest BCUT2D eigenvalue weighted by atomic mass is 9.96. The number of likely N-dealkylation sites (tertiary alicyclic amines) is 1. The van der Waals surface area contributed by atoms with Crippen LogP contribution in [0.1, 0.15) is 25.7 Å². The van der Waals surface area contributed by atoms with Crippen molar-refractivity contribution >= 4 is 5.96 Å². The van der Waals surface area contributed by atoms with Crippen molar-refractivity contribution in [2.45, 2.75) is 25.7 Å². The summed E-state index contributed by atoms with van der Waals surface area (Å²) in [4.78, 5) is 9.10. The van der Waals surface area contributed by atoms with Gasteiger partial charge in [0.1, 0.15) is 0 Å². The third-order valence-corrected chi connectivity index (χ3v) is 4.82. The van der Waals surface area contributed by atoms with Gasteiger partial charge in [-0.15, -0.1) is 0 Å². The molecule has 2 aliphatic rings. The Kier molecular flexibility index (Phi) is 6.77. The van der Waals surface area contributed by atoms with Crippen LogP contribution in [-0.4, -0.2) is 76.3 Å². The van der Waals surface area contributed by atoms with Crippen molar-refractivity contribution in [3.8, 4) is 0 Å². The Labute approximate surface area is 129 Å². The highest BCUT2D eigenvalue weighted by molar-refractivity contribution is 5.79. The maximum absolute atomic E-state index is 5.43. The fourth-order valence-corrected chi connectivity index (χ4v) is 3.33. The number of ether oxygens (including phenoxy) is 1. The van der Waals surface area contributed by atoms with Crippen LogP contribution in [-0.2, 0) is 4.74 Å². The van der Waals surface area contributed by atoms with Crippen LogP contribution >= 0.6 is 0 Å². The van der Waals surface area contributed by atoms with Crippen LogP contribution in [0.3, 0.4) is 0 Å². The number of nitrogens with zero attached hydrogens (tertiary/aromatic N) is 3. The van der Waals surface area contributed by atoms with Crippen molar-refractivity contribution in [2.75, 3.05) is 60.5 Å². The molecule has 5 nitrogen and oxygen atoms in total. The topological polar surface area (TPSA) is 40.1 Å². The maximum Gasteiger partial charge on any atom is 0.193 e. The van der Waals surface area contributed by atoms with Crippen molar-refractivity contribution in [3.63, 3.8) is 0 Å². The minimum atomic E-state index is 0.760. The first kappa shape index (κ1) is 16.6. The molecule has 1 unspecified atom stereocenters. The van der Waals surface area contributed by atoms with Gasteiger partial charge in [0, 0.05) is 46.9 Å². The van der Waals surface area contributed by atoms with E-state index >= 15 is 0 Å². The van der Waals surface area contributed by atoms with Crippen LogP contribution < -0.4 is 5.32 Å². The molecule has 1 atom stereocenters. The molecule has 0 radical (unpaired) electrons. The monoisotopic (exact) mass is 296 g/mol. The minimum Gasteiger partial charge on any atom is -0.381 e. The molecule has 0 aliphatic carbocycles. The first-order valence-electron chi connectivity index (χ1n) is 8.37. The van der Waals surface area contributed by atoms with Gasteiger partial charge < -0.3 is 19.9 Å². The van der Waals surface area contributed by atoms with E-state index in [9.17, 15) is 0 Å². The van der Waals surface area contributed by atoms with Crippen LogP contribution in [0, 0.1) is 11.8 Å². The Morgan fingerprint density at radius 1 is 1.29 bits per heavy atom. The summed E-state index contributed by atoms with van der Waals surface area (Å²) in [6, 6.07) is 0. The number of hydrogen-bond acceptors (Lipinski definition) is 3. The second-order valence-corrected chi connectivity index (χ2v) is 6.61. The number of guanidine groups is 1. The van der Waals surface area contributed by atoms with Gasteiger partial charge in [-0.1, -0.05) is 0 Å². The molecule has 5 heteroatoms. The summed E-state index contributed by atoms with van der Waals surface area (Å²) in [5.74, 6) is 2.62. The lowest BCUT2D eigenvalue weighted by molar-refractivity contribution is 0.0625. The highest BCUT2D eigenvalue weighted by Gasteiger charge is 2.20. The van der Waals surface area contributed by atoms with E-state index in [0.717, 1.165) is 44.1 Å². The maximum atomic E-state index is 5.43. The van der Waals surface area contributed by atoms with Gasteiger partial charge in [0.05, 0.1) is 0 Å². The largest absolute Gasteiger partial charge is 0.381 e. The quantitative estimate of drug-likeness (QED) is 0.612. The van der Waals surface area contributed by atoms with E-state index in [2.05, 4.69) is 34.2 Å². The average Bonchev–Trinajstić information content (AvgIpc) is 2.92. The Hall–Kier alpha value is -0.810. The minimum absolute atomic E-state index is 0.760. The van der Waals surface area contributed by atoms with Gasteiger partial charge in [-0.3, -0.25) is 4.99 Å². The smallest absolute Gasteiger partial charge is 0.193 e. The van der Waals surface area contributed by atoms with Crippen molar-refractivity contribution < 1.29 is 4.74 Å². The molecule has 0 aromatic rings. The predicted octanol–water partition coefficient (Wildman–Crippen LogP) is 1.26. The molecule has 2 fully saturated rings. The van der Waals surface area contributed by atoms with Gasteiger partial charge in [0.25, 0.3) is 0 Å². The second kappa shape index (κ2) is 8.59. The Bertz CT molecular complexity index is 328. The average molecular weight is 296 g/mol. The molecule has 0 spiro atoms. The first-order chi connectivity index (χ1) is 10.2. The van der Waals surface area contributed by atoms with E-state index < -0.39 is 0 Å². The molecule has 0 amide bonds. The summed E-state index contributed by atoms with van der Waals surface area (Å²) >= 11 is 0. The number of rotatable bonds is 5. The van der Waals surface area contributed by atoms with Gasteiger partial charge in [-0.05, 0) is 51.1 Å². The summed E-state index contributed by atoms with van der Waals surface area (Å²) in [5, 5.41) is 3.54. The molecule has 122 valence electrons. The number of hydrogen-bond donors (Lipinski definition) is 1. The zero-order valence-corrected chi connectivity index (χ0v) is 14.0. The van der Waals surface area contributed by atoms with Gasteiger partial charge in [-0.2, -0.15) is 0 Å². The Morgan fingerprint density at radius 2 is 2.05 bits per heavy atom. The van der Waals surface area contributed by atoms with E-state index in [4.69, 9.17) is 4.74 Å². The van der Waals surface area contributed by atoms with E-state index in [-0.39, 0.29) is 0 Å². The zero-order valence-electron chi connectivity index (χ0n) is 14.0. The molecule has 21 heavy (non-hydrogen) atoms. The Balaban J connectivity index is 1.67. The highest BCUT2D eigenvalue weighted by Crippen LogP contribution is 2.18. The summed E-state index contributed by atoms with van der Waals surface area (Å²) < 4.78 is 5.43. The van der Waals surface area contributed by atoms with E-state index in [1.807, 2.05) is 7.05 Å². The van der Waals surface area contributed by atoms with Crippen molar-refractivity contribution in [3.05, 3.63) is 0 Å². The summed E-state index contributed by atoms with van der Waals surface area (Å²) in [7, 11) is 6.23. The fraction of sp³-hybridized carbons (Fsp3) is 0.938. The van der Waals surface area contributed by atoms with E-state index in [1.54, 1.807) is 0 Å². The standard InChI is InChI=1S/C16H32N4O/c1-17-16(18-12-15-4-8-19(2)13-15)20(3)9-5-14-6-10-21-11-7-14/h14-15H,4-13H2,1-3H3,(H,17,18). The van der Waals surface area contributed by atoms with Crippen LogP contribution in [0.4, 0.5) is 0 Å². The molecule has 2 aliphatic heterocycles. The van der Waals surface area contributed by atoms with Crippen molar-refractivity contribution in [2.24, 2.45) is 16.8 Å². The van der Waals surface area contributed by atoms with Crippen LogP contribution in [0.25, 0.3) is 0 Å². The number of nitrogens with one attached hydrogen (secondary N) is 1. The SMILES string of the molecule is CN=C(NCC1CCN(C)C1)N(C)CCC1CCOCC1. The van der Waals surface area contributed by atoms with Crippen molar-refractivity contribution in [1.82, 2.24) is 15.1 Å². The molecule has 0 aromatic heterocycles. The van der Waals surface area contributed by atoms with Crippen molar-refractivity contribution in [1.29, 1.82) is 0 Å². The molecule has 0 aromatic carbocycles. The van der Waals surface area contributed by atoms with Gasteiger partial charge in [-0.25, -0.2) is 0 Å². The third-order valence-electron chi connectivity index (χ3n) is 4.82. The van der Waals surface area contributed by atoms with Gasteiger partial charge in [0.15, 0.2) is 5.96 Å². The van der Waals surface area contributed by atoms with Crippen LogP contribution in [0.2, 0.25) is 0 Å². The van der Waals surface area contributed by atoms with Crippen LogP contribution in [0.15, 0.2) is 4.99 Å². The van der Waals surface area contributed by atoms with E-state index in [0.29, 0.717) is 0 Å². The summed E-state index contributed by atoms with van der Waals surface area (Å²) in [6.45, 7) is 6.43. The molecule has 2 rings (SSSR count). The molecule has 2 saturated heterocycles. The zero-order chi connectivity index (χ0) is 15.1. The van der Waals surface area contributed by atoms with Crippen LogP contribution in [0.5, 0.6) is 0 Å². The summed E-state index contributed by atoms with van der Waals surface area (Å²) in [6.07, 6.45) is 4.97. The molecular formula is C16H32N4O. The van der Waals surface area contributed by atoms with Gasteiger partial charge in [0.2, 0.25) is 0 Å². The second-order valence-electron chi connectivity index (χ2n) is 6.61. The van der Waals surface area contributed by atoms with E-state index in [1.165, 1.54) is 38.8 Å². The molecule has 0 bridgehead atoms. The van der Waals surface area contributed by atoms with Gasteiger partial charge >= 0.3 is 0 Å². The first-order valence-corrected chi connectivity index (χ1v) is 8.37. The molecule has 2 heterocycles. The lowest BCUT2D eigenvalue weighted by Gasteiger charge is -2.27. The number of aliphatic imine (C=N–C) groups is 1. The summed E-state index contributed by atoms with van der Waals surface area (Å²) in [5.41, 5.74) is 0. The normalized spacial score (nSPS) is 25.3. The lowest BCUT2D eigenvalue weighted by Crippen LogP contribution is -2.42. The highest BCUT2D eigenvalue weighted by atomic mass is 16.5. The predicted molar refractivity (Wildman–Crippen MR) is 87.8 cm³/mol.